The number of fused-ring (bicyclic) bond motifs is 1. The maximum atomic E-state index is 10.5. The number of hydrogen-bond donors (Lipinski definition) is 4. The molecule has 0 bridgehead atoms. The number of allylic oxidation sites excluding steroid dienone is 6. The number of aliphatic hydroxyl groups excluding tert-OH is 3. The van der Waals surface area contributed by atoms with E-state index in [1.54, 1.807) is 0 Å². The number of hydrogen-bond acceptors (Lipinski definition) is 5. The van der Waals surface area contributed by atoms with Gasteiger partial charge >= 0.3 is 0 Å². The van der Waals surface area contributed by atoms with Crippen LogP contribution in [0.3, 0.4) is 0 Å². The van der Waals surface area contributed by atoms with E-state index in [2.05, 4.69) is 38.2 Å². The standard InChI is InChI=1S/C31H50O5/c1-5-31(35,6-2)17-8-7-10-22(3)25-14-15-26-24(11-9-16-30(25,26)4)13-12-23-20-27(33)29(28(34)21-23)36-19-18-32/h7-8,10,12-13,17,22,25-29,32-35H,5-6,9,11,14-16,18-21H2,1-4H3/b10-7+,17-8+,23-12?,24-13-/t22-,25-,26+,27-,28-,29?,30-/m1/s1. The zero-order valence-electron chi connectivity index (χ0n) is 22.9. The summed E-state index contributed by atoms with van der Waals surface area (Å²) in [6, 6.07) is 0. The molecule has 36 heavy (non-hydrogen) atoms. The molecule has 204 valence electrons. The Labute approximate surface area is 218 Å². The van der Waals surface area contributed by atoms with Crippen LogP contribution in [0.15, 0.2) is 47.6 Å². The van der Waals surface area contributed by atoms with Crippen LogP contribution in [0.25, 0.3) is 0 Å². The minimum absolute atomic E-state index is 0.113. The van der Waals surface area contributed by atoms with Crippen molar-refractivity contribution < 1.29 is 25.2 Å². The lowest BCUT2D eigenvalue weighted by Gasteiger charge is -2.44. The third-order valence-corrected chi connectivity index (χ3v) is 9.47. The largest absolute Gasteiger partial charge is 0.394 e. The summed E-state index contributed by atoms with van der Waals surface area (Å²) >= 11 is 0. The van der Waals surface area contributed by atoms with E-state index in [1.165, 1.54) is 31.3 Å². The lowest BCUT2D eigenvalue weighted by atomic mass is 9.61. The molecule has 0 unspecified atom stereocenters. The second-order valence-electron chi connectivity index (χ2n) is 11.7. The summed E-state index contributed by atoms with van der Waals surface area (Å²) in [6.45, 7) is 8.89. The van der Waals surface area contributed by atoms with Gasteiger partial charge in [-0.05, 0) is 81.0 Å². The van der Waals surface area contributed by atoms with Gasteiger partial charge in [-0.15, -0.1) is 0 Å². The average Bonchev–Trinajstić information content (AvgIpc) is 3.22. The second kappa shape index (κ2) is 13.0. The molecule has 0 spiro atoms. The van der Waals surface area contributed by atoms with Gasteiger partial charge in [0.05, 0.1) is 31.0 Å². The van der Waals surface area contributed by atoms with E-state index in [0.717, 1.165) is 24.8 Å². The first kappa shape index (κ1) is 29.3. The summed E-state index contributed by atoms with van der Waals surface area (Å²) in [5, 5.41) is 40.4. The summed E-state index contributed by atoms with van der Waals surface area (Å²) in [6.07, 6.45) is 19.2. The van der Waals surface area contributed by atoms with Crippen LogP contribution in [0.5, 0.6) is 0 Å². The summed E-state index contributed by atoms with van der Waals surface area (Å²) in [5.74, 6) is 1.71. The first-order valence-electron chi connectivity index (χ1n) is 14.2. The molecule has 6 atom stereocenters. The molecular formula is C31H50O5. The quantitative estimate of drug-likeness (QED) is 0.307. The average molecular weight is 503 g/mol. The molecule has 5 heteroatoms. The zero-order chi connectivity index (χ0) is 26.3. The Hall–Kier alpha value is -1.24. The van der Waals surface area contributed by atoms with Gasteiger partial charge in [-0.3, -0.25) is 0 Å². The van der Waals surface area contributed by atoms with Crippen LogP contribution < -0.4 is 0 Å². The van der Waals surface area contributed by atoms with Crippen molar-refractivity contribution in [2.45, 2.75) is 109 Å². The fraction of sp³-hybridized carbons (Fsp3) is 0.742. The van der Waals surface area contributed by atoms with E-state index < -0.39 is 23.9 Å². The molecule has 0 amide bonds. The maximum absolute atomic E-state index is 10.5. The minimum atomic E-state index is -0.746. The molecule has 3 aliphatic carbocycles. The third kappa shape index (κ3) is 6.79. The van der Waals surface area contributed by atoms with Gasteiger partial charge in [-0.1, -0.05) is 75.3 Å². The van der Waals surface area contributed by atoms with E-state index in [0.29, 0.717) is 36.0 Å². The van der Waals surface area contributed by atoms with Crippen molar-refractivity contribution in [3.05, 3.63) is 47.6 Å². The fourth-order valence-electron chi connectivity index (χ4n) is 7.12. The molecule has 0 heterocycles. The molecule has 3 saturated carbocycles. The Bertz CT molecular complexity index is 809. The normalized spacial score (nSPS) is 35.6. The Morgan fingerprint density at radius 3 is 2.42 bits per heavy atom. The summed E-state index contributed by atoms with van der Waals surface area (Å²) < 4.78 is 5.45. The SMILES string of the molecule is CCC(O)(/C=C/C=C/[C@@H](C)[C@H]1CC[C@H]2/C(=C\C=C3C[C@@H](O)C(OCCO)[C@H](O)C3)CCC[C@]12C)CC. The van der Waals surface area contributed by atoms with E-state index in [4.69, 9.17) is 9.84 Å². The van der Waals surface area contributed by atoms with Crippen molar-refractivity contribution in [3.8, 4) is 0 Å². The Morgan fingerprint density at radius 1 is 1.08 bits per heavy atom. The van der Waals surface area contributed by atoms with E-state index in [1.807, 2.05) is 26.0 Å². The van der Waals surface area contributed by atoms with Crippen molar-refractivity contribution in [1.82, 2.24) is 0 Å². The first-order valence-corrected chi connectivity index (χ1v) is 14.2. The van der Waals surface area contributed by atoms with Crippen LogP contribution >= 0.6 is 0 Å². The molecule has 3 fully saturated rings. The molecule has 4 N–H and O–H groups in total. The Balaban J connectivity index is 1.66. The van der Waals surface area contributed by atoms with Gasteiger partial charge in [-0.25, -0.2) is 0 Å². The molecule has 5 nitrogen and oxygen atoms in total. The van der Waals surface area contributed by atoms with Crippen LogP contribution in [0.4, 0.5) is 0 Å². The third-order valence-electron chi connectivity index (χ3n) is 9.47. The predicted octanol–water partition coefficient (Wildman–Crippen LogP) is 5.25. The summed E-state index contributed by atoms with van der Waals surface area (Å²) in [4.78, 5) is 0. The predicted molar refractivity (Wildman–Crippen MR) is 145 cm³/mol. The summed E-state index contributed by atoms with van der Waals surface area (Å²) in [7, 11) is 0. The number of aliphatic hydroxyl groups is 4. The Morgan fingerprint density at radius 2 is 1.78 bits per heavy atom. The van der Waals surface area contributed by atoms with Crippen LogP contribution in [-0.4, -0.2) is 57.6 Å². The molecule has 0 aliphatic heterocycles. The van der Waals surface area contributed by atoms with E-state index >= 15 is 0 Å². The smallest absolute Gasteiger partial charge is 0.110 e. The van der Waals surface area contributed by atoms with E-state index in [-0.39, 0.29) is 13.2 Å². The van der Waals surface area contributed by atoms with E-state index in [9.17, 15) is 15.3 Å². The van der Waals surface area contributed by atoms with Gasteiger partial charge < -0.3 is 25.2 Å². The van der Waals surface area contributed by atoms with Crippen molar-refractivity contribution in [2.24, 2.45) is 23.2 Å². The van der Waals surface area contributed by atoms with Gasteiger partial charge in [-0.2, -0.15) is 0 Å². The topological polar surface area (TPSA) is 90.2 Å². The Kier molecular flexibility index (Phi) is 10.6. The van der Waals surface area contributed by atoms with Crippen LogP contribution in [-0.2, 0) is 4.74 Å². The highest BCUT2D eigenvalue weighted by Crippen LogP contribution is 2.59. The van der Waals surface area contributed by atoms with Crippen molar-refractivity contribution in [1.29, 1.82) is 0 Å². The molecule has 0 aromatic rings. The van der Waals surface area contributed by atoms with Gasteiger partial charge in [0.1, 0.15) is 6.10 Å². The molecule has 3 rings (SSSR count). The number of ether oxygens (including phenoxy) is 1. The lowest BCUT2D eigenvalue weighted by Crippen LogP contribution is -2.44. The molecular weight excluding hydrogens is 452 g/mol. The van der Waals surface area contributed by atoms with Gasteiger partial charge in [0, 0.05) is 0 Å². The fourth-order valence-corrected chi connectivity index (χ4v) is 7.12. The molecule has 0 aromatic heterocycles. The molecule has 0 saturated heterocycles. The van der Waals surface area contributed by atoms with Crippen LogP contribution in [0.2, 0.25) is 0 Å². The minimum Gasteiger partial charge on any atom is -0.394 e. The molecule has 0 aromatic carbocycles. The number of rotatable bonds is 10. The molecule has 3 aliphatic rings. The van der Waals surface area contributed by atoms with Crippen molar-refractivity contribution in [2.75, 3.05) is 13.2 Å². The first-order chi connectivity index (χ1) is 17.2. The van der Waals surface area contributed by atoms with Crippen LogP contribution in [0, 0.1) is 23.2 Å². The molecule has 0 radical (unpaired) electrons. The highest BCUT2D eigenvalue weighted by molar-refractivity contribution is 5.27. The highest BCUT2D eigenvalue weighted by Gasteiger charge is 2.50. The van der Waals surface area contributed by atoms with Gasteiger partial charge in [0.2, 0.25) is 0 Å². The lowest BCUT2D eigenvalue weighted by molar-refractivity contribution is -0.115. The van der Waals surface area contributed by atoms with Crippen molar-refractivity contribution >= 4 is 0 Å². The monoisotopic (exact) mass is 502 g/mol. The summed E-state index contributed by atoms with van der Waals surface area (Å²) in [5.41, 5.74) is 2.18. The van der Waals surface area contributed by atoms with Crippen molar-refractivity contribution in [3.63, 3.8) is 0 Å². The van der Waals surface area contributed by atoms with Crippen LogP contribution in [0.1, 0.15) is 85.5 Å². The second-order valence-corrected chi connectivity index (χ2v) is 11.7. The van der Waals surface area contributed by atoms with Gasteiger partial charge in [0.25, 0.3) is 0 Å². The van der Waals surface area contributed by atoms with Gasteiger partial charge in [0.15, 0.2) is 0 Å². The maximum Gasteiger partial charge on any atom is 0.110 e. The zero-order valence-corrected chi connectivity index (χ0v) is 22.9. The highest BCUT2D eigenvalue weighted by atomic mass is 16.5.